The fourth-order valence-electron chi connectivity index (χ4n) is 1.53. The Morgan fingerprint density at radius 2 is 2.35 bits per heavy atom. The van der Waals surface area contributed by atoms with Crippen molar-refractivity contribution in [2.24, 2.45) is 0 Å². The van der Waals surface area contributed by atoms with E-state index in [1.54, 1.807) is 12.1 Å². The van der Waals surface area contributed by atoms with Crippen molar-refractivity contribution in [1.82, 2.24) is 15.2 Å². The van der Waals surface area contributed by atoms with Crippen molar-refractivity contribution >= 4 is 35.2 Å². The number of aromatic nitrogens is 3. The number of methoxy groups -OCH3 is 1. The molecule has 8 heteroatoms. The molecule has 1 aromatic heterocycles. The molecule has 0 aliphatic carbocycles. The van der Waals surface area contributed by atoms with Crippen LogP contribution in [0, 0.1) is 0 Å². The van der Waals surface area contributed by atoms with Crippen molar-refractivity contribution in [1.29, 1.82) is 0 Å². The van der Waals surface area contributed by atoms with Gasteiger partial charge in [-0.1, -0.05) is 30.3 Å². The molecule has 0 bridgehead atoms. The first kappa shape index (κ1) is 14.7. The van der Waals surface area contributed by atoms with Crippen LogP contribution < -0.4 is 10.1 Å². The zero-order chi connectivity index (χ0) is 14.5. The first-order chi connectivity index (χ1) is 9.63. The largest absolute Gasteiger partial charge is 0.496 e. The van der Waals surface area contributed by atoms with Gasteiger partial charge in [0.2, 0.25) is 11.1 Å². The Labute approximate surface area is 125 Å². The van der Waals surface area contributed by atoms with Crippen LogP contribution in [0.25, 0.3) is 0 Å². The molecule has 0 aliphatic rings. The predicted octanol–water partition coefficient (Wildman–Crippen LogP) is 2.83. The molecule has 0 saturated heterocycles. The SMILES string of the molecule is CCSc1n[nH]c(NC(=O)c2cc(Cl)ccc2OC)n1. The third-order valence-electron chi connectivity index (χ3n) is 2.38. The fraction of sp³-hybridized carbons (Fsp3) is 0.250. The molecule has 2 N–H and O–H groups in total. The third-order valence-corrected chi connectivity index (χ3v) is 3.34. The lowest BCUT2D eigenvalue weighted by molar-refractivity contribution is 0.102. The highest BCUT2D eigenvalue weighted by atomic mass is 35.5. The van der Waals surface area contributed by atoms with Gasteiger partial charge in [-0.25, -0.2) is 5.10 Å². The van der Waals surface area contributed by atoms with Gasteiger partial charge in [0.05, 0.1) is 12.7 Å². The second-order valence-corrected chi connectivity index (χ2v) is 5.37. The Hall–Kier alpha value is -1.73. The van der Waals surface area contributed by atoms with Crippen molar-refractivity contribution in [3.63, 3.8) is 0 Å². The Morgan fingerprint density at radius 3 is 3.05 bits per heavy atom. The molecule has 1 amide bonds. The molecule has 1 heterocycles. The first-order valence-electron chi connectivity index (χ1n) is 5.84. The number of ether oxygens (including phenoxy) is 1. The minimum atomic E-state index is -0.367. The van der Waals surface area contributed by atoms with Crippen molar-refractivity contribution in [2.45, 2.75) is 12.1 Å². The van der Waals surface area contributed by atoms with Crippen LogP contribution >= 0.6 is 23.4 Å². The molecular weight excluding hydrogens is 300 g/mol. The van der Waals surface area contributed by atoms with Crippen molar-refractivity contribution in [2.75, 3.05) is 18.2 Å². The van der Waals surface area contributed by atoms with E-state index in [0.29, 0.717) is 21.5 Å². The zero-order valence-electron chi connectivity index (χ0n) is 10.9. The van der Waals surface area contributed by atoms with Gasteiger partial charge in [-0.2, -0.15) is 4.98 Å². The minimum absolute atomic E-state index is 0.285. The predicted molar refractivity (Wildman–Crippen MR) is 78.7 cm³/mol. The lowest BCUT2D eigenvalue weighted by Crippen LogP contribution is -2.14. The number of halogens is 1. The number of benzene rings is 1. The van der Waals surface area contributed by atoms with Crippen LogP contribution in [0.15, 0.2) is 23.4 Å². The van der Waals surface area contributed by atoms with Crippen LogP contribution in [-0.4, -0.2) is 34.0 Å². The topological polar surface area (TPSA) is 79.9 Å². The van der Waals surface area contributed by atoms with Gasteiger partial charge >= 0.3 is 0 Å². The number of nitrogens with one attached hydrogen (secondary N) is 2. The number of nitrogens with zero attached hydrogens (tertiary/aromatic N) is 2. The van der Waals surface area contributed by atoms with E-state index < -0.39 is 0 Å². The summed E-state index contributed by atoms with van der Waals surface area (Å²) in [6.45, 7) is 2.00. The van der Waals surface area contributed by atoms with Crippen LogP contribution in [-0.2, 0) is 0 Å². The van der Waals surface area contributed by atoms with Crippen LogP contribution in [0.1, 0.15) is 17.3 Å². The highest BCUT2D eigenvalue weighted by molar-refractivity contribution is 7.99. The average molecular weight is 313 g/mol. The molecule has 0 atom stereocenters. The number of carbonyl (C=O) groups excluding carboxylic acids is 1. The quantitative estimate of drug-likeness (QED) is 0.830. The number of carbonyl (C=O) groups is 1. The number of thioether (sulfide) groups is 1. The van der Waals surface area contributed by atoms with Gasteiger partial charge in [-0.05, 0) is 24.0 Å². The number of hydrogen-bond acceptors (Lipinski definition) is 5. The molecule has 20 heavy (non-hydrogen) atoms. The lowest BCUT2D eigenvalue weighted by atomic mass is 10.2. The Balaban J connectivity index is 2.16. The summed E-state index contributed by atoms with van der Waals surface area (Å²) in [6, 6.07) is 4.82. The van der Waals surface area contributed by atoms with E-state index in [2.05, 4.69) is 20.5 Å². The van der Waals surface area contributed by atoms with Crippen LogP contribution in [0.3, 0.4) is 0 Å². The van der Waals surface area contributed by atoms with E-state index in [1.807, 2.05) is 6.92 Å². The van der Waals surface area contributed by atoms with E-state index >= 15 is 0 Å². The summed E-state index contributed by atoms with van der Waals surface area (Å²) in [5, 5.41) is 10.3. The van der Waals surface area contributed by atoms with E-state index in [4.69, 9.17) is 16.3 Å². The lowest BCUT2D eigenvalue weighted by Gasteiger charge is -2.07. The highest BCUT2D eigenvalue weighted by Crippen LogP contribution is 2.23. The first-order valence-corrected chi connectivity index (χ1v) is 7.20. The van der Waals surface area contributed by atoms with Gasteiger partial charge in [0.15, 0.2) is 0 Å². The van der Waals surface area contributed by atoms with Crippen molar-refractivity contribution in [3.8, 4) is 5.75 Å². The Kier molecular flexibility index (Phi) is 4.86. The monoisotopic (exact) mass is 312 g/mol. The summed E-state index contributed by atoms with van der Waals surface area (Å²) in [4.78, 5) is 16.3. The van der Waals surface area contributed by atoms with Crippen LogP contribution in [0.4, 0.5) is 5.95 Å². The van der Waals surface area contributed by atoms with Gasteiger partial charge in [-0.3, -0.25) is 10.1 Å². The standard InChI is InChI=1S/C12H13ClN4O2S/c1-3-20-12-15-11(16-17-12)14-10(18)8-6-7(13)4-5-9(8)19-2/h4-6H,3H2,1-2H3,(H2,14,15,16,17,18). The Morgan fingerprint density at radius 1 is 1.55 bits per heavy atom. The maximum atomic E-state index is 12.2. The maximum absolute atomic E-state index is 12.2. The number of rotatable bonds is 5. The molecule has 0 radical (unpaired) electrons. The summed E-state index contributed by atoms with van der Waals surface area (Å²) < 4.78 is 5.13. The number of aromatic amines is 1. The molecule has 0 saturated carbocycles. The van der Waals surface area contributed by atoms with E-state index in [-0.39, 0.29) is 11.9 Å². The smallest absolute Gasteiger partial charge is 0.261 e. The minimum Gasteiger partial charge on any atom is -0.496 e. The summed E-state index contributed by atoms with van der Waals surface area (Å²) in [5.41, 5.74) is 0.334. The molecule has 0 unspecified atom stereocenters. The molecule has 0 aliphatic heterocycles. The third kappa shape index (κ3) is 3.43. The van der Waals surface area contributed by atoms with Crippen LogP contribution in [0.5, 0.6) is 5.75 Å². The molecule has 2 aromatic rings. The summed E-state index contributed by atoms with van der Waals surface area (Å²) in [7, 11) is 1.49. The second kappa shape index (κ2) is 6.62. The van der Waals surface area contributed by atoms with Crippen LogP contribution in [0.2, 0.25) is 5.02 Å². The second-order valence-electron chi connectivity index (χ2n) is 3.70. The molecular formula is C12H13ClN4O2S. The molecule has 0 spiro atoms. The van der Waals surface area contributed by atoms with Crippen molar-refractivity contribution in [3.05, 3.63) is 28.8 Å². The molecule has 2 rings (SSSR count). The molecule has 6 nitrogen and oxygen atoms in total. The van der Waals surface area contributed by atoms with Crippen molar-refractivity contribution < 1.29 is 9.53 Å². The summed E-state index contributed by atoms with van der Waals surface area (Å²) >= 11 is 7.37. The normalized spacial score (nSPS) is 10.3. The van der Waals surface area contributed by atoms with Gasteiger partial charge < -0.3 is 4.74 Å². The van der Waals surface area contributed by atoms with Gasteiger partial charge in [0.25, 0.3) is 5.91 Å². The van der Waals surface area contributed by atoms with Gasteiger partial charge in [-0.15, -0.1) is 5.10 Å². The Bertz CT molecular complexity index is 617. The van der Waals surface area contributed by atoms with E-state index in [0.717, 1.165) is 5.75 Å². The number of hydrogen-bond donors (Lipinski definition) is 2. The molecule has 0 fully saturated rings. The zero-order valence-corrected chi connectivity index (χ0v) is 12.5. The highest BCUT2D eigenvalue weighted by Gasteiger charge is 2.15. The molecule has 1 aromatic carbocycles. The number of amides is 1. The van der Waals surface area contributed by atoms with E-state index in [9.17, 15) is 4.79 Å². The molecule has 106 valence electrons. The fourth-order valence-corrected chi connectivity index (χ4v) is 2.22. The average Bonchev–Trinajstić information content (AvgIpc) is 2.86. The van der Waals surface area contributed by atoms with Gasteiger partial charge in [0, 0.05) is 5.02 Å². The number of H-pyrrole nitrogens is 1. The summed E-state index contributed by atoms with van der Waals surface area (Å²) in [5.74, 6) is 1.21. The van der Waals surface area contributed by atoms with E-state index in [1.165, 1.54) is 24.9 Å². The number of anilines is 1. The maximum Gasteiger partial charge on any atom is 0.261 e. The van der Waals surface area contributed by atoms with Gasteiger partial charge in [0.1, 0.15) is 5.75 Å². The summed E-state index contributed by atoms with van der Waals surface area (Å²) in [6.07, 6.45) is 0.